The average Bonchev–Trinajstić information content (AvgIpc) is 3.48. The van der Waals surface area contributed by atoms with E-state index in [9.17, 15) is 0 Å². The van der Waals surface area contributed by atoms with Gasteiger partial charge in [-0.25, -0.2) is 0 Å². The Labute approximate surface area is 287 Å². The van der Waals surface area contributed by atoms with Gasteiger partial charge in [-0.2, -0.15) is 12.1 Å². The topological polar surface area (TPSA) is 0 Å². The summed E-state index contributed by atoms with van der Waals surface area (Å²) < 4.78 is 0. The van der Waals surface area contributed by atoms with Crippen LogP contribution in [0.1, 0.15) is 112 Å². The molecule has 0 spiro atoms. The van der Waals surface area contributed by atoms with E-state index in [-0.39, 0.29) is 41.1 Å². The summed E-state index contributed by atoms with van der Waals surface area (Å²) in [5.74, 6) is 2.42. The summed E-state index contributed by atoms with van der Waals surface area (Å²) in [4.78, 5) is 0. The van der Waals surface area contributed by atoms with Gasteiger partial charge in [-0.05, 0) is 23.7 Å². The molecular formula is C41H56SiZr. The molecule has 0 aliphatic carbocycles. The van der Waals surface area contributed by atoms with Crippen LogP contribution in [0.15, 0.2) is 78.9 Å². The predicted octanol–water partition coefficient (Wildman–Crippen LogP) is 12.2. The minimum absolute atomic E-state index is 0. The van der Waals surface area contributed by atoms with Crippen molar-refractivity contribution in [3.8, 4) is 0 Å². The van der Waals surface area contributed by atoms with Gasteiger partial charge in [0, 0.05) is 0 Å². The summed E-state index contributed by atoms with van der Waals surface area (Å²) in [6.45, 7) is 24.7. The number of hydrogen-bond donors (Lipinski definition) is 0. The Bertz CT molecular complexity index is 1400. The van der Waals surface area contributed by atoms with Crippen molar-refractivity contribution in [1.29, 1.82) is 0 Å². The van der Waals surface area contributed by atoms with Gasteiger partial charge in [0.25, 0.3) is 0 Å². The van der Waals surface area contributed by atoms with E-state index in [0.717, 1.165) is 9.52 Å². The van der Waals surface area contributed by atoms with Crippen LogP contribution >= 0.6 is 0 Å². The van der Waals surface area contributed by atoms with Crippen LogP contribution in [-0.4, -0.2) is 9.52 Å². The number of fused-ring (bicyclic) bond motifs is 2. The van der Waals surface area contributed by atoms with Crippen LogP contribution in [0.2, 0.25) is 6.55 Å². The van der Waals surface area contributed by atoms with E-state index >= 15 is 0 Å². The van der Waals surface area contributed by atoms with Crippen molar-refractivity contribution < 1.29 is 26.2 Å². The summed E-state index contributed by atoms with van der Waals surface area (Å²) in [6.07, 6.45) is 0. The molecule has 5 aromatic rings. The molecule has 2 heteroatoms. The molecule has 0 aliphatic heterocycles. The Hall–Kier alpha value is -2.02. The molecule has 0 fully saturated rings. The molecule has 0 saturated heterocycles. The quantitative estimate of drug-likeness (QED) is 0.129. The molecule has 0 nitrogen and oxygen atoms in total. The van der Waals surface area contributed by atoms with Gasteiger partial charge in [-0.15, -0.1) is 56.9 Å². The van der Waals surface area contributed by atoms with E-state index in [1.165, 1.54) is 60.1 Å². The molecule has 0 saturated carbocycles. The monoisotopic (exact) mass is 666 g/mol. The van der Waals surface area contributed by atoms with Crippen LogP contribution in [0.5, 0.6) is 0 Å². The third kappa shape index (κ3) is 11.1. The van der Waals surface area contributed by atoms with Crippen LogP contribution in [0, 0.1) is 28.7 Å². The minimum Gasteiger partial charge on any atom is -0.358 e. The minimum atomic E-state index is 0. The molecule has 0 amide bonds. The summed E-state index contributed by atoms with van der Waals surface area (Å²) in [7, 11) is 0.930. The van der Waals surface area contributed by atoms with Crippen LogP contribution < -0.4 is 5.19 Å². The molecule has 0 N–H and O–H groups in total. The van der Waals surface area contributed by atoms with Crippen LogP contribution in [0.3, 0.4) is 0 Å². The molecule has 0 atom stereocenters. The Morgan fingerprint density at radius 3 is 1.19 bits per heavy atom. The van der Waals surface area contributed by atoms with Crippen molar-refractivity contribution in [1.82, 2.24) is 0 Å². The molecule has 43 heavy (non-hydrogen) atoms. The van der Waals surface area contributed by atoms with Crippen molar-refractivity contribution >= 4 is 36.3 Å². The van der Waals surface area contributed by atoms with E-state index in [1.54, 1.807) is 0 Å². The normalized spacial score (nSPS) is 10.6. The summed E-state index contributed by atoms with van der Waals surface area (Å²) in [5, 5.41) is 7.14. The average molecular weight is 668 g/mol. The molecule has 5 aromatic carbocycles. The molecule has 0 aromatic heterocycles. The van der Waals surface area contributed by atoms with Gasteiger partial charge in [-0.3, -0.25) is 0 Å². The Morgan fingerprint density at radius 1 is 0.535 bits per heavy atom. The number of rotatable bonds is 5. The maximum Gasteiger partial charge on any atom is 4.00 e. The first-order valence-electron chi connectivity index (χ1n) is 15.1. The van der Waals surface area contributed by atoms with Gasteiger partial charge in [0.2, 0.25) is 0 Å². The molecule has 5 rings (SSSR count). The van der Waals surface area contributed by atoms with Gasteiger partial charge < -0.3 is 14.9 Å². The smallest absolute Gasteiger partial charge is 0.358 e. The zero-order valence-electron chi connectivity index (χ0n) is 29.3. The standard InChI is InChI=1S/2C16H21.C7H8Si.2CH3.Zr/c2*1-10(2)13-8-14-6-12(5)7-16(14)15(9-13)11(3)4;1-8-7-5-3-2-4-6-7;;;/h2*6-11H,1-5H3;2-6H,1H3;2*1H3;/q2*-1;;2*-1;+4. The van der Waals surface area contributed by atoms with E-state index in [1.807, 2.05) is 6.07 Å². The Balaban J connectivity index is 0.000000625. The second-order valence-electron chi connectivity index (χ2n) is 12.5. The number of benzene rings is 3. The van der Waals surface area contributed by atoms with E-state index in [4.69, 9.17) is 0 Å². The van der Waals surface area contributed by atoms with Gasteiger partial charge in [-0.1, -0.05) is 146 Å². The summed E-state index contributed by atoms with van der Waals surface area (Å²) >= 11 is 0. The molecule has 0 bridgehead atoms. The second-order valence-corrected chi connectivity index (χ2v) is 13.6. The number of hydrogen-bond acceptors (Lipinski definition) is 0. The molecular weight excluding hydrogens is 612 g/mol. The fourth-order valence-electron chi connectivity index (χ4n) is 5.27. The first-order valence-corrected chi connectivity index (χ1v) is 16.6. The predicted molar refractivity (Wildman–Crippen MR) is 195 cm³/mol. The molecule has 0 unspecified atom stereocenters. The van der Waals surface area contributed by atoms with Crippen molar-refractivity contribution in [2.24, 2.45) is 0 Å². The van der Waals surface area contributed by atoms with Crippen molar-refractivity contribution in [2.75, 3.05) is 0 Å². The summed E-state index contributed by atoms with van der Waals surface area (Å²) in [5.41, 5.74) is 8.66. The molecule has 2 radical (unpaired) electrons. The van der Waals surface area contributed by atoms with E-state index in [0.29, 0.717) is 23.7 Å². The summed E-state index contributed by atoms with van der Waals surface area (Å²) in [6, 6.07) is 29.2. The molecule has 0 heterocycles. The largest absolute Gasteiger partial charge is 4.00 e. The maximum absolute atomic E-state index is 2.39. The van der Waals surface area contributed by atoms with Gasteiger partial charge in [0.05, 0.1) is 9.52 Å². The van der Waals surface area contributed by atoms with Crippen molar-refractivity contribution in [2.45, 2.75) is 99.5 Å². The maximum atomic E-state index is 2.39. The Kier molecular flexibility index (Phi) is 17.8. The van der Waals surface area contributed by atoms with Gasteiger partial charge in [0.1, 0.15) is 0 Å². The van der Waals surface area contributed by atoms with Crippen LogP contribution in [0.4, 0.5) is 0 Å². The van der Waals surface area contributed by atoms with Gasteiger partial charge in [0.15, 0.2) is 0 Å². The fraction of sp³-hybridized carbons (Fsp3) is 0.366. The number of aryl methyl sites for hydroxylation is 2. The SMILES string of the molecule is C[Si]c1ccccc1.Cc1cc2c(C(C)C)cc(C(C)C)cc2[cH-]1.Cc1cc2c(C(C)C)cc(C(C)C)cc2[cH-]1.[CH3-].[CH3-].[Zr+4]. The third-order valence-electron chi connectivity index (χ3n) is 7.68. The van der Waals surface area contributed by atoms with E-state index < -0.39 is 0 Å². The molecule has 0 aliphatic rings. The first-order chi connectivity index (χ1) is 18.9. The first kappa shape index (κ1) is 41.0. The second kappa shape index (κ2) is 18.7. The molecule has 228 valence electrons. The van der Waals surface area contributed by atoms with Crippen LogP contribution in [0.25, 0.3) is 21.5 Å². The van der Waals surface area contributed by atoms with E-state index in [2.05, 4.69) is 149 Å². The van der Waals surface area contributed by atoms with Crippen LogP contribution in [-0.2, 0) is 26.2 Å². The van der Waals surface area contributed by atoms with Crippen molar-refractivity contribution in [3.05, 3.63) is 127 Å². The third-order valence-corrected chi connectivity index (χ3v) is 8.59. The Morgan fingerprint density at radius 2 is 0.907 bits per heavy atom. The van der Waals surface area contributed by atoms with Crippen molar-refractivity contribution in [3.63, 3.8) is 0 Å². The zero-order valence-corrected chi connectivity index (χ0v) is 32.8. The zero-order chi connectivity index (χ0) is 29.6. The van der Waals surface area contributed by atoms with Gasteiger partial charge >= 0.3 is 26.2 Å². The fourth-order valence-corrected chi connectivity index (χ4v) is 5.80.